The number of hydrogen-bond acceptors (Lipinski definition) is 9. The SMILES string of the molecule is COc1ccc2nc(O[C@@H]3C[C@H]4C(=O)N[C@]5(C(=O)NS(=O)(=O)C6CC6)C[C@H]5C=CCCCCC[C@H](N(C(=O)O)C(C)(C)C)C(=O)N4C3)c3c(c2c1)CCC3. The first-order valence-corrected chi connectivity index (χ1v) is 20.7. The number of carbonyl (C=O) groups is 4. The van der Waals surface area contributed by atoms with Gasteiger partial charge in [0.2, 0.25) is 27.7 Å². The van der Waals surface area contributed by atoms with E-state index < -0.39 is 74.3 Å². The van der Waals surface area contributed by atoms with Crippen LogP contribution in [0.5, 0.6) is 11.6 Å². The fourth-order valence-corrected chi connectivity index (χ4v) is 9.88. The Labute approximate surface area is 316 Å². The molecule has 4 amide bonds. The number of fused-ring (bicyclic) bond motifs is 5. The van der Waals surface area contributed by atoms with Crippen molar-refractivity contribution in [2.24, 2.45) is 5.92 Å². The summed E-state index contributed by atoms with van der Waals surface area (Å²) in [5.41, 5.74) is 0.388. The number of aromatic nitrogens is 1. The maximum Gasteiger partial charge on any atom is 0.408 e. The summed E-state index contributed by atoms with van der Waals surface area (Å²) in [5.74, 6) is -1.20. The van der Waals surface area contributed by atoms with Crippen molar-refractivity contribution < 1.29 is 42.2 Å². The average molecular weight is 766 g/mol. The third kappa shape index (κ3) is 7.35. The lowest BCUT2D eigenvalue weighted by atomic mass is 9.98. The minimum Gasteiger partial charge on any atom is -0.497 e. The van der Waals surface area contributed by atoms with E-state index in [9.17, 15) is 32.7 Å². The zero-order valence-electron chi connectivity index (χ0n) is 31.4. The summed E-state index contributed by atoms with van der Waals surface area (Å²) in [6.45, 7) is 5.20. The van der Waals surface area contributed by atoms with E-state index in [4.69, 9.17) is 14.5 Å². The van der Waals surface area contributed by atoms with Crippen LogP contribution in [0.25, 0.3) is 10.9 Å². The molecule has 2 aromatic rings. The van der Waals surface area contributed by atoms with Gasteiger partial charge in [-0.25, -0.2) is 18.2 Å². The molecule has 3 fully saturated rings. The number of benzene rings is 1. The lowest BCUT2D eigenvalue weighted by Gasteiger charge is -2.41. The van der Waals surface area contributed by atoms with E-state index in [1.165, 1.54) is 9.80 Å². The Balaban J connectivity index is 1.24. The Kier molecular flexibility index (Phi) is 10.1. The van der Waals surface area contributed by atoms with Gasteiger partial charge in [-0.05, 0) is 102 Å². The van der Waals surface area contributed by atoms with Crippen molar-refractivity contribution in [1.29, 1.82) is 0 Å². The zero-order valence-corrected chi connectivity index (χ0v) is 32.2. The van der Waals surface area contributed by atoms with Gasteiger partial charge < -0.3 is 24.8 Å². The van der Waals surface area contributed by atoms with E-state index in [2.05, 4.69) is 10.0 Å². The molecule has 3 N–H and O–H groups in total. The number of nitrogens with zero attached hydrogens (tertiary/aromatic N) is 3. The number of rotatable bonds is 7. The van der Waals surface area contributed by atoms with Gasteiger partial charge in [-0.2, -0.15) is 0 Å². The standard InChI is InChI=1S/C39H51N5O9S/c1-38(2,3)44(37(48)49)31-14-9-7-5-6-8-11-23-21-39(23,36(47)42-54(50,51)26-16-17-26)41-33(45)32-20-25(22-43(32)35(31)46)53-34-28-13-10-12-27(28)29-19-24(52-4)15-18-30(29)40-34/h8,11,15,18-19,23,25-26,31-32H,5-7,9-10,12-14,16-17,20-22H2,1-4H3,(H,41,45)(H,42,47)(H,48,49)/t23-,25-,31+,32+,39-/m1/s1. The van der Waals surface area contributed by atoms with Gasteiger partial charge in [-0.1, -0.05) is 25.0 Å². The molecule has 54 heavy (non-hydrogen) atoms. The van der Waals surface area contributed by atoms with Crippen LogP contribution in [-0.2, 0) is 37.2 Å². The Bertz CT molecular complexity index is 1990. The van der Waals surface area contributed by atoms with E-state index in [1.54, 1.807) is 27.9 Å². The molecule has 3 heterocycles. The van der Waals surface area contributed by atoms with E-state index in [1.807, 2.05) is 30.4 Å². The zero-order chi connectivity index (χ0) is 38.6. The van der Waals surface area contributed by atoms with Gasteiger partial charge in [0.15, 0.2) is 0 Å². The van der Waals surface area contributed by atoms with E-state index in [0.29, 0.717) is 31.6 Å². The molecular formula is C39H51N5O9S. The molecule has 0 unspecified atom stereocenters. The highest BCUT2D eigenvalue weighted by molar-refractivity contribution is 7.91. The lowest BCUT2D eigenvalue weighted by molar-refractivity contribution is -0.144. The molecule has 5 aliphatic rings. The second kappa shape index (κ2) is 14.3. The molecule has 292 valence electrons. The van der Waals surface area contributed by atoms with Crippen molar-refractivity contribution in [3.8, 4) is 11.6 Å². The summed E-state index contributed by atoms with van der Waals surface area (Å²) in [4.78, 5) is 63.3. The van der Waals surface area contributed by atoms with Gasteiger partial charge in [-0.15, -0.1) is 0 Å². The summed E-state index contributed by atoms with van der Waals surface area (Å²) in [6.07, 6.45) is 8.63. The van der Waals surface area contributed by atoms with Crippen LogP contribution in [0.15, 0.2) is 30.4 Å². The summed E-state index contributed by atoms with van der Waals surface area (Å²) in [5, 5.41) is 13.7. The summed E-state index contributed by atoms with van der Waals surface area (Å²) < 4.78 is 40.0. The van der Waals surface area contributed by atoms with Crippen LogP contribution in [0.3, 0.4) is 0 Å². The van der Waals surface area contributed by atoms with Gasteiger partial charge in [-0.3, -0.25) is 24.0 Å². The smallest absolute Gasteiger partial charge is 0.408 e. The van der Waals surface area contributed by atoms with Gasteiger partial charge in [0.25, 0.3) is 5.91 Å². The predicted octanol–water partition coefficient (Wildman–Crippen LogP) is 4.23. The highest BCUT2D eigenvalue weighted by atomic mass is 32.2. The molecule has 1 aromatic carbocycles. The normalized spacial score (nSPS) is 27.5. The quantitative estimate of drug-likeness (QED) is 0.345. The van der Waals surface area contributed by atoms with Crippen molar-refractivity contribution in [3.63, 3.8) is 0 Å². The van der Waals surface area contributed by atoms with Crippen LogP contribution < -0.4 is 19.5 Å². The Morgan fingerprint density at radius 1 is 1.07 bits per heavy atom. The molecule has 14 nitrogen and oxygen atoms in total. The van der Waals surface area contributed by atoms with Crippen LogP contribution in [0.2, 0.25) is 0 Å². The van der Waals surface area contributed by atoms with E-state index in [-0.39, 0.29) is 25.8 Å². The van der Waals surface area contributed by atoms with Crippen LogP contribution in [0.1, 0.15) is 96.1 Å². The molecule has 1 saturated heterocycles. The molecule has 2 saturated carbocycles. The highest BCUT2D eigenvalue weighted by Gasteiger charge is 2.62. The Hall–Kier alpha value is -4.40. The van der Waals surface area contributed by atoms with Crippen LogP contribution in [-0.4, -0.2) is 100 Å². The molecule has 0 bridgehead atoms. The molecule has 1 aromatic heterocycles. The minimum atomic E-state index is -3.90. The lowest BCUT2D eigenvalue weighted by Crippen LogP contribution is -2.60. The second-order valence-electron chi connectivity index (χ2n) is 16.4. The van der Waals surface area contributed by atoms with Crippen molar-refractivity contribution in [1.82, 2.24) is 24.8 Å². The van der Waals surface area contributed by atoms with Crippen LogP contribution in [0, 0.1) is 5.92 Å². The number of methoxy groups -OCH3 is 1. The maximum absolute atomic E-state index is 14.8. The number of hydrogen-bond donors (Lipinski definition) is 3. The third-order valence-corrected chi connectivity index (χ3v) is 13.4. The number of amides is 4. The van der Waals surface area contributed by atoms with Gasteiger partial charge >= 0.3 is 6.09 Å². The molecule has 15 heteroatoms. The van der Waals surface area contributed by atoms with Crippen molar-refractivity contribution >= 4 is 44.7 Å². The van der Waals surface area contributed by atoms with Gasteiger partial charge in [0.05, 0.1) is 24.4 Å². The number of aryl methyl sites for hydroxylation is 1. The number of allylic oxidation sites excluding steroid dienone is 1. The van der Waals surface area contributed by atoms with E-state index in [0.717, 1.165) is 59.9 Å². The van der Waals surface area contributed by atoms with Crippen LogP contribution >= 0.6 is 0 Å². The molecule has 7 rings (SSSR count). The van der Waals surface area contributed by atoms with E-state index >= 15 is 0 Å². The summed E-state index contributed by atoms with van der Waals surface area (Å²) >= 11 is 0. The average Bonchev–Trinajstić information content (AvgIpc) is 3.98. The van der Waals surface area contributed by atoms with Gasteiger partial charge in [0.1, 0.15) is 29.5 Å². The monoisotopic (exact) mass is 765 g/mol. The topological polar surface area (TPSA) is 185 Å². The molecule has 0 spiro atoms. The number of ether oxygens (including phenoxy) is 2. The number of pyridine rings is 1. The highest BCUT2D eigenvalue weighted by Crippen LogP contribution is 2.46. The molecule has 0 radical (unpaired) electrons. The Morgan fingerprint density at radius 3 is 2.54 bits per heavy atom. The summed E-state index contributed by atoms with van der Waals surface area (Å²) in [6, 6.07) is 3.48. The number of carboxylic acid groups (broad SMARTS) is 1. The second-order valence-corrected chi connectivity index (χ2v) is 18.4. The first-order valence-electron chi connectivity index (χ1n) is 19.2. The van der Waals surface area contributed by atoms with Crippen molar-refractivity contribution in [2.45, 2.75) is 132 Å². The van der Waals surface area contributed by atoms with Crippen molar-refractivity contribution in [2.75, 3.05) is 13.7 Å². The largest absolute Gasteiger partial charge is 0.497 e. The van der Waals surface area contributed by atoms with Crippen molar-refractivity contribution in [3.05, 3.63) is 41.5 Å². The first-order chi connectivity index (χ1) is 25.6. The maximum atomic E-state index is 14.8. The minimum absolute atomic E-state index is 0.0132. The van der Waals surface area contributed by atoms with Gasteiger partial charge in [0, 0.05) is 28.8 Å². The number of sulfonamides is 1. The number of carbonyl (C=O) groups excluding carboxylic acids is 3. The molecule has 2 aliphatic heterocycles. The molecule has 3 aliphatic carbocycles. The molecular weight excluding hydrogens is 715 g/mol. The molecule has 5 atom stereocenters. The summed E-state index contributed by atoms with van der Waals surface area (Å²) in [7, 11) is -2.28. The fourth-order valence-electron chi connectivity index (χ4n) is 8.51. The number of nitrogens with one attached hydrogen (secondary N) is 2. The third-order valence-electron chi connectivity index (χ3n) is 11.6. The van der Waals surface area contributed by atoms with Crippen LogP contribution in [0.4, 0.5) is 4.79 Å². The first kappa shape index (κ1) is 37.9. The fraction of sp³-hybridized carbons (Fsp3) is 0.615. The predicted molar refractivity (Wildman–Crippen MR) is 200 cm³/mol. The Morgan fingerprint density at radius 2 is 1.83 bits per heavy atom.